The lowest BCUT2D eigenvalue weighted by molar-refractivity contribution is 0.417. The molecule has 2 atom stereocenters. The fourth-order valence-corrected chi connectivity index (χ4v) is 2.62. The molecule has 2 unspecified atom stereocenters. The summed E-state index contributed by atoms with van der Waals surface area (Å²) in [4.78, 5) is 0. The summed E-state index contributed by atoms with van der Waals surface area (Å²) in [5.74, 6) is 0.942. The highest BCUT2D eigenvalue weighted by Gasteiger charge is 2.35. The van der Waals surface area contributed by atoms with E-state index in [1.165, 1.54) is 0 Å². The predicted octanol–water partition coefficient (Wildman–Crippen LogP) is 1.26. The number of hydrogen-bond donors (Lipinski definition) is 3. The summed E-state index contributed by atoms with van der Waals surface area (Å²) in [6, 6.07) is 6.19. The Hall–Kier alpha value is -1.22. The van der Waals surface area contributed by atoms with Crippen molar-refractivity contribution in [3.8, 4) is 5.75 Å². The van der Waals surface area contributed by atoms with E-state index in [1.807, 2.05) is 12.1 Å². The maximum Gasteiger partial charge on any atom is 0.121 e. The van der Waals surface area contributed by atoms with E-state index in [0.717, 1.165) is 30.8 Å². The maximum absolute atomic E-state index is 9.81. The minimum atomic E-state index is 0.449. The van der Waals surface area contributed by atoms with Gasteiger partial charge in [0, 0.05) is 29.8 Å². The van der Waals surface area contributed by atoms with E-state index in [1.54, 1.807) is 6.07 Å². The van der Waals surface area contributed by atoms with Crippen LogP contribution < -0.4 is 10.6 Å². The summed E-state index contributed by atoms with van der Waals surface area (Å²) in [7, 11) is 0. The Morgan fingerprint density at radius 3 is 3.21 bits per heavy atom. The van der Waals surface area contributed by atoms with E-state index in [9.17, 15) is 5.11 Å². The van der Waals surface area contributed by atoms with E-state index in [-0.39, 0.29) is 0 Å². The first-order valence-corrected chi connectivity index (χ1v) is 5.15. The average molecular weight is 190 g/mol. The summed E-state index contributed by atoms with van der Waals surface area (Å²) in [6.07, 6.45) is 1.11. The molecule has 0 bridgehead atoms. The monoisotopic (exact) mass is 190 g/mol. The van der Waals surface area contributed by atoms with Crippen molar-refractivity contribution in [1.29, 1.82) is 0 Å². The number of nitrogens with one attached hydrogen (secondary N) is 2. The van der Waals surface area contributed by atoms with Crippen LogP contribution in [-0.2, 0) is 0 Å². The summed E-state index contributed by atoms with van der Waals surface area (Å²) in [5.41, 5.74) is 2.24. The van der Waals surface area contributed by atoms with Gasteiger partial charge in [-0.3, -0.25) is 0 Å². The lowest BCUT2D eigenvalue weighted by Gasteiger charge is -2.26. The molecule has 3 N–H and O–H groups in total. The number of fused-ring (bicyclic) bond motifs is 3. The highest BCUT2D eigenvalue weighted by atomic mass is 16.3. The number of hydrogen-bond acceptors (Lipinski definition) is 3. The van der Waals surface area contributed by atoms with Crippen LogP contribution in [0.2, 0.25) is 0 Å². The zero-order valence-corrected chi connectivity index (χ0v) is 7.96. The Morgan fingerprint density at radius 1 is 1.36 bits per heavy atom. The molecular formula is C11H14N2O. The summed E-state index contributed by atoms with van der Waals surface area (Å²) in [5, 5.41) is 16.6. The molecule has 0 aliphatic carbocycles. The standard InChI is InChI=1S/C11H14N2O/c14-10-3-1-2-8-11(10)7-4-5-12-6-9(7)13-8/h1-3,7,9,12-14H,4-6H2. The summed E-state index contributed by atoms with van der Waals surface area (Å²) < 4.78 is 0. The second-order valence-electron chi connectivity index (χ2n) is 4.09. The number of rotatable bonds is 0. The van der Waals surface area contributed by atoms with Crippen LogP contribution >= 0.6 is 0 Å². The number of piperidine rings is 1. The third kappa shape index (κ3) is 1.02. The van der Waals surface area contributed by atoms with Gasteiger partial charge < -0.3 is 15.7 Å². The molecule has 14 heavy (non-hydrogen) atoms. The average Bonchev–Trinajstić information content (AvgIpc) is 2.57. The minimum Gasteiger partial charge on any atom is -0.508 e. The highest BCUT2D eigenvalue weighted by Crippen LogP contribution is 2.43. The van der Waals surface area contributed by atoms with Gasteiger partial charge in [-0.15, -0.1) is 0 Å². The van der Waals surface area contributed by atoms with Gasteiger partial charge in [-0.1, -0.05) is 6.07 Å². The largest absolute Gasteiger partial charge is 0.508 e. The normalized spacial score (nSPS) is 29.1. The summed E-state index contributed by atoms with van der Waals surface area (Å²) >= 11 is 0. The van der Waals surface area contributed by atoms with E-state index in [2.05, 4.69) is 10.6 Å². The number of phenols is 1. The molecule has 1 fully saturated rings. The Bertz CT molecular complexity index is 364. The van der Waals surface area contributed by atoms with Crippen molar-refractivity contribution >= 4 is 5.69 Å². The molecule has 2 aliphatic heterocycles. The topological polar surface area (TPSA) is 44.3 Å². The first kappa shape index (κ1) is 8.12. The molecule has 0 spiro atoms. The molecule has 2 aliphatic rings. The van der Waals surface area contributed by atoms with Crippen molar-refractivity contribution in [2.45, 2.75) is 18.4 Å². The van der Waals surface area contributed by atoms with Crippen LogP contribution in [0.25, 0.3) is 0 Å². The molecule has 0 saturated carbocycles. The second-order valence-corrected chi connectivity index (χ2v) is 4.09. The Kier molecular flexibility index (Phi) is 1.67. The van der Waals surface area contributed by atoms with E-state index in [4.69, 9.17) is 0 Å². The van der Waals surface area contributed by atoms with Gasteiger partial charge >= 0.3 is 0 Å². The molecule has 0 radical (unpaired) electrons. The van der Waals surface area contributed by atoms with Gasteiger partial charge in [0.25, 0.3) is 0 Å². The van der Waals surface area contributed by atoms with Gasteiger partial charge in [-0.25, -0.2) is 0 Å². The van der Waals surface area contributed by atoms with Crippen LogP contribution in [-0.4, -0.2) is 24.2 Å². The van der Waals surface area contributed by atoms with Gasteiger partial charge in [-0.05, 0) is 25.1 Å². The smallest absolute Gasteiger partial charge is 0.121 e. The van der Waals surface area contributed by atoms with Gasteiger partial charge in [0.15, 0.2) is 0 Å². The fraction of sp³-hybridized carbons (Fsp3) is 0.455. The second kappa shape index (κ2) is 2.89. The van der Waals surface area contributed by atoms with Crippen LogP contribution in [0.3, 0.4) is 0 Å². The van der Waals surface area contributed by atoms with Gasteiger partial charge in [0.2, 0.25) is 0 Å². The SMILES string of the molecule is Oc1cccc2c1C1CCNCC1N2. The number of aromatic hydroxyl groups is 1. The first-order chi connectivity index (χ1) is 6.86. The van der Waals surface area contributed by atoms with Crippen LogP contribution in [0.1, 0.15) is 17.9 Å². The van der Waals surface area contributed by atoms with Gasteiger partial charge in [-0.2, -0.15) is 0 Å². The molecule has 0 amide bonds. The first-order valence-electron chi connectivity index (χ1n) is 5.15. The van der Waals surface area contributed by atoms with Crippen LogP contribution in [0.4, 0.5) is 5.69 Å². The van der Waals surface area contributed by atoms with Crippen molar-refractivity contribution in [1.82, 2.24) is 5.32 Å². The molecule has 0 aromatic heterocycles. The van der Waals surface area contributed by atoms with Crippen LogP contribution in [0.5, 0.6) is 5.75 Å². The minimum absolute atomic E-state index is 0.449. The van der Waals surface area contributed by atoms with Crippen molar-refractivity contribution < 1.29 is 5.11 Å². The Morgan fingerprint density at radius 2 is 2.29 bits per heavy atom. The van der Waals surface area contributed by atoms with E-state index < -0.39 is 0 Å². The summed E-state index contributed by atoms with van der Waals surface area (Å²) in [6.45, 7) is 2.05. The third-order valence-corrected chi connectivity index (χ3v) is 3.28. The lowest BCUT2D eigenvalue weighted by Crippen LogP contribution is -2.40. The molecule has 2 heterocycles. The predicted molar refractivity (Wildman–Crippen MR) is 55.7 cm³/mol. The zero-order chi connectivity index (χ0) is 9.54. The molecule has 3 heteroatoms. The molecule has 1 aromatic carbocycles. The third-order valence-electron chi connectivity index (χ3n) is 3.28. The van der Waals surface area contributed by atoms with Crippen LogP contribution in [0, 0.1) is 0 Å². The Balaban J connectivity index is 2.06. The molecule has 74 valence electrons. The van der Waals surface area contributed by atoms with E-state index >= 15 is 0 Å². The van der Waals surface area contributed by atoms with Crippen molar-refractivity contribution in [3.63, 3.8) is 0 Å². The number of phenolic OH excluding ortho intramolecular Hbond substituents is 1. The van der Waals surface area contributed by atoms with Gasteiger partial charge in [0.05, 0.1) is 0 Å². The molecular weight excluding hydrogens is 176 g/mol. The number of anilines is 1. The van der Waals surface area contributed by atoms with Crippen molar-refractivity contribution in [2.24, 2.45) is 0 Å². The molecule has 3 rings (SSSR count). The molecule has 3 nitrogen and oxygen atoms in total. The van der Waals surface area contributed by atoms with Crippen molar-refractivity contribution in [3.05, 3.63) is 23.8 Å². The fourth-order valence-electron chi connectivity index (χ4n) is 2.62. The Labute approximate surface area is 83.1 Å². The van der Waals surface area contributed by atoms with E-state index in [0.29, 0.717) is 17.7 Å². The zero-order valence-electron chi connectivity index (χ0n) is 7.96. The molecule has 1 aromatic rings. The maximum atomic E-state index is 9.81. The number of benzene rings is 1. The van der Waals surface area contributed by atoms with Gasteiger partial charge in [0.1, 0.15) is 5.75 Å². The van der Waals surface area contributed by atoms with Crippen LogP contribution in [0.15, 0.2) is 18.2 Å². The highest BCUT2D eigenvalue weighted by molar-refractivity contribution is 5.64. The lowest BCUT2D eigenvalue weighted by atomic mass is 9.89. The van der Waals surface area contributed by atoms with Crippen molar-refractivity contribution in [2.75, 3.05) is 18.4 Å². The quantitative estimate of drug-likeness (QED) is 0.577. The molecule has 1 saturated heterocycles.